The summed E-state index contributed by atoms with van der Waals surface area (Å²) in [5, 5.41) is 5.01. The van der Waals surface area contributed by atoms with Crippen LogP contribution >= 0.6 is 0 Å². The molecule has 2 amide bonds. The van der Waals surface area contributed by atoms with Crippen LogP contribution in [0.4, 0.5) is 10.1 Å². The fraction of sp³-hybridized carbons (Fsp3) is 0.364. The second-order valence-electron chi connectivity index (χ2n) is 7.27. The third kappa shape index (κ3) is 5.55. The lowest BCUT2D eigenvalue weighted by Crippen LogP contribution is -2.49. The first-order chi connectivity index (χ1) is 14.5. The molecular formula is C22H27FN4O3. The van der Waals surface area contributed by atoms with Crippen LogP contribution in [0.2, 0.25) is 0 Å². The number of nitrogens with zero attached hydrogens (tertiary/aromatic N) is 2. The molecule has 2 aromatic rings. The number of nitrogens with one attached hydrogen (secondary N) is 2. The average Bonchev–Trinajstić information content (AvgIpc) is 2.77. The van der Waals surface area contributed by atoms with E-state index in [0.717, 1.165) is 37.5 Å². The minimum absolute atomic E-state index is 0.0246. The zero-order valence-corrected chi connectivity index (χ0v) is 17.2. The molecule has 1 atom stereocenters. The SMILES string of the molecule is COc1ccc(C(CNC(=O)C(=O)Nc2ccccc2F)N2CCN(C)CC2)cc1. The number of hydrogen-bond acceptors (Lipinski definition) is 5. The highest BCUT2D eigenvalue weighted by Gasteiger charge is 2.25. The minimum atomic E-state index is -0.896. The van der Waals surface area contributed by atoms with Crippen LogP contribution in [-0.2, 0) is 9.59 Å². The van der Waals surface area contributed by atoms with Gasteiger partial charge in [0.2, 0.25) is 0 Å². The molecule has 1 aliphatic heterocycles. The molecule has 0 radical (unpaired) electrons. The van der Waals surface area contributed by atoms with Gasteiger partial charge in [0.05, 0.1) is 18.8 Å². The summed E-state index contributed by atoms with van der Waals surface area (Å²) in [6, 6.07) is 13.3. The second-order valence-corrected chi connectivity index (χ2v) is 7.27. The molecule has 0 aliphatic carbocycles. The molecule has 2 N–H and O–H groups in total. The van der Waals surface area contributed by atoms with Gasteiger partial charge in [-0.15, -0.1) is 0 Å². The molecule has 1 aliphatic rings. The van der Waals surface area contributed by atoms with Gasteiger partial charge in [-0.1, -0.05) is 24.3 Å². The topological polar surface area (TPSA) is 73.9 Å². The highest BCUT2D eigenvalue weighted by atomic mass is 19.1. The molecule has 0 spiro atoms. The van der Waals surface area contributed by atoms with Crippen molar-refractivity contribution in [3.63, 3.8) is 0 Å². The number of hydrogen-bond donors (Lipinski definition) is 2. The molecule has 0 bridgehead atoms. The number of benzene rings is 2. The van der Waals surface area contributed by atoms with Crippen LogP contribution in [0.5, 0.6) is 5.75 Å². The Hall–Kier alpha value is -2.97. The molecule has 1 heterocycles. The largest absolute Gasteiger partial charge is 0.497 e. The molecule has 3 rings (SSSR count). The summed E-state index contributed by atoms with van der Waals surface area (Å²) < 4.78 is 18.9. The number of para-hydroxylation sites is 1. The second kappa shape index (κ2) is 10.2. The molecule has 0 saturated carbocycles. The molecule has 1 unspecified atom stereocenters. The van der Waals surface area contributed by atoms with E-state index in [2.05, 4.69) is 27.5 Å². The van der Waals surface area contributed by atoms with Crippen LogP contribution in [0.3, 0.4) is 0 Å². The Bertz CT molecular complexity index is 867. The normalized spacial score (nSPS) is 16.0. The van der Waals surface area contributed by atoms with Crippen LogP contribution in [0.1, 0.15) is 11.6 Å². The number of ether oxygens (including phenoxy) is 1. The molecule has 7 nitrogen and oxygen atoms in total. The maximum absolute atomic E-state index is 13.7. The van der Waals surface area contributed by atoms with Gasteiger partial charge < -0.3 is 20.3 Å². The van der Waals surface area contributed by atoms with E-state index in [4.69, 9.17) is 4.74 Å². The first-order valence-electron chi connectivity index (χ1n) is 9.88. The van der Waals surface area contributed by atoms with Gasteiger partial charge in [0.1, 0.15) is 11.6 Å². The van der Waals surface area contributed by atoms with Crippen molar-refractivity contribution in [3.05, 3.63) is 59.9 Å². The van der Waals surface area contributed by atoms with Crippen LogP contribution in [0, 0.1) is 5.82 Å². The van der Waals surface area contributed by atoms with Crippen molar-refractivity contribution >= 4 is 17.5 Å². The highest BCUT2D eigenvalue weighted by molar-refractivity contribution is 6.39. The van der Waals surface area contributed by atoms with Gasteiger partial charge in [0.25, 0.3) is 0 Å². The number of amides is 2. The van der Waals surface area contributed by atoms with E-state index < -0.39 is 17.6 Å². The zero-order valence-electron chi connectivity index (χ0n) is 17.2. The van der Waals surface area contributed by atoms with E-state index in [-0.39, 0.29) is 18.3 Å². The van der Waals surface area contributed by atoms with E-state index in [9.17, 15) is 14.0 Å². The number of rotatable bonds is 6. The van der Waals surface area contributed by atoms with Gasteiger partial charge in [0.15, 0.2) is 0 Å². The fourth-order valence-electron chi connectivity index (χ4n) is 3.43. The van der Waals surface area contributed by atoms with Gasteiger partial charge in [0, 0.05) is 32.7 Å². The van der Waals surface area contributed by atoms with Gasteiger partial charge in [-0.25, -0.2) is 4.39 Å². The van der Waals surface area contributed by atoms with Crippen LogP contribution in [0.15, 0.2) is 48.5 Å². The van der Waals surface area contributed by atoms with Crippen LogP contribution < -0.4 is 15.4 Å². The number of likely N-dealkylation sites (N-methyl/N-ethyl adjacent to an activating group) is 1. The van der Waals surface area contributed by atoms with Gasteiger partial charge in [-0.3, -0.25) is 14.5 Å². The Morgan fingerprint density at radius 3 is 2.33 bits per heavy atom. The van der Waals surface area contributed by atoms with Crippen molar-refractivity contribution in [1.29, 1.82) is 0 Å². The van der Waals surface area contributed by atoms with E-state index in [1.54, 1.807) is 13.2 Å². The zero-order chi connectivity index (χ0) is 21.5. The molecular weight excluding hydrogens is 387 g/mol. The number of carbonyl (C=O) groups excluding carboxylic acids is 2. The minimum Gasteiger partial charge on any atom is -0.497 e. The number of carbonyl (C=O) groups is 2. The van der Waals surface area contributed by atoms with Gasteiger partial charge in [-0.05, 0) is 36.9 Å². The summed E-state index contributed by atoms with van der Waals surface area (Å²) in [5.74, 6) is -1.53. The Morgan fingerprint density at radius 2 is 1.70 bits per heavy atom. The fourth-order valence-corrected chi connectivity index (χ4v) is 3.43. The third-order valence-electron chi connectivity index (χ3n) is 5.26. The van der Waals surface area contributed by atoms with Crippen molar-refractivity contribution in [2.45, 2.75) is 6.04 Å². The van der Waals surface area contributed by atoms with Crippen molar-refractivity contribution in [2.75, 3.05) is 52.2 Å². The summed E-state index contributed by atoms with van der Waals surface area (Å²) in [5.41, 5.74) is 0.999. The molecule has 1 fully saturated rings. The Labute approximate surface area is 175 Å². The lowest BCUT2D eigenvalue weighted by molar-refractivity contribution is -0.136. The number of piperazine rings is 1. The standard InChI is InChI=1S/C22H27FN4O3/c1-26-11-13-27(14-12-26)20(16-7-9-17(30-2)10-8-16)15-24-21(28)22(29)25-19-6-4-3-5-18(19)23/h3-10,20H,11-15H2,1-2H3,(H,24,28)(H,25,29). The van der Waals surface area contributed by atoms with Gasteiger partial charge >= 0.3 is 11.8 Å². The predicted molar refractivity (Wildman–Crippen MR) is 113 cm³/mol. The van der Waals surface area contributed by atoms with Crippen LogP contribution in [-0.4, -0.2) is 68.5 Å². The van der Waals surface area contributed by atoms with Crippen molar-refractivity contribution in [3.8, 4) is 5.75 Å². The van der Waals surface area contributed by atoms with Crippen molar-refractivity contribution in [2.24, 2.45) is 0 Å². The number of halogens is 1. The molecule has 2 aromatic carbocycles. The number of methoxy groups -OCH3 is 1. The summed E-state index contributed by atoms with van der Waals surface area (Å²) in [6.45, 7) is 3.82. The lowest BCUT2D eigenvalue weighted by atomic mass is 10.0. The monoisotopic (exact) mass is 414 g/mol. The molecule has 0 aromatic heterocycles. The predicted octanol–water partition coefficient (Wildman–Crippen LogP) is 1.88. The average molecular weight is 414 g/mol. The summed E-state index contributed by atoms with van der Waals surface area (Å²) in [7, 11) is 3.69. The first kappa shape index (κ1) is 21.7. The maximum Gasteiger partial charge on any atom is 0.313 e. The Morgan fingerprint density at radius 1 is 1.03 bits per heavy atom. The molecule has 160 valence electrons. The van der Waals surface area contributed by atoms with E-state index in [0.29, 0.717) is 0 Å². The first-order valence-corrected chi connectivity index (χ1v) is 9.88. The van der Waals surface area contributed by atoms with E-state index in [1.807, 2.05) is 24.3 Å². The van der Waals surface area contributed by atoms with Crippen LogP contribution in [0.25, 0.3) is 0 Å². The molecule has 30 heavy (non-hydrogen) atoms. The Balaban J connectivity index is 1.66. The van der Waals surface area contributed by atoms with E-state index >= 15 is 0 Å². The molecule has 8 heteroatoms. The van der Waals surface area contributed by atoms with Crippen molar-refractivity contribution < 1.29 is 18.7 Å². The van der Waals surface area contributed by atoms with Crippen molar-refractivity contribution in [1.82, 2.24) is 15.1 Å². The van der Waals surface area contributed by atoms with Gasteiger partial charge in [-0.2, -0.15) is 0 Å². The lowest BCUT2D eigenvalue weighted by Gasteiger charge is -2.38. The summed E-state index contributed by atoms with van der Waals surface area (Å²) in [4.78, 5) is 29.1. The summed E-state index contributed by atoms with van der Waals surface area (Å²) >= 11 is 0. The maximum atomic E-state index is 13.7. The Kier molecular flexibility index (Phi) is 7.37. The highest BCUT2D eigenvalue weighted by Crippen LogP contribution is 2.24. The molecule has 1 saturated heterocycles. The smallest absolute Gasteiger partial charge is 0.313 e. The van der Waals surface area contributed by atoms with E-state index in [1.165, 1.54) is 18.2 Å². The number of anilines is 1. The third-order valence-corrected chi connectivity index (χ3v) is 5.26. The summed E-state index contributed by atoms with van der Waals surface area (Å²) in [6.07, 6.45) is 0. The quantitative estimate of drug-likeness (QED) is 0.706.